The van der Waals surface area contributed by atoms with Gasteiger partial charge in [0.15, 0.2) is 0 Å². The van der Waals surface area contributed by atoms with Crippen LogP contribution in [0.5, 0.6) is 0 Å². The van der Waals surface area contributed by atoms with Gasteiger partial charge in [0.1, 0.15) is 11.6 Å². The molecule has 2 aliphatic rings. The van der Waals surface area contributed by atoms with E-state index in [1.165, 1.54) is 17.7 Å². The fourth-order valence-corrected chi connectivity index (χ4v) is 2.64. The number of fused-ring (bicyclic) bond motifs is 1. The Morgan fingerprint density at radius 1 is 1.31 bits per heavy atom. The summed E-state index contributed by atoms with van der Waals surface area (Å²) < 4.78 is 12.4. The molecule has 3 nitrogen and oxygen atoms in total. The van der Waals surface area contributed by atoms with E-state index in [1.807, 2.05) is 6.92 Å². The predicted molar refractivity (Wildman–Crippen MR) is 60.5 cm³/mol. The van der Waals surface area contributed by atoms with Gasteiger partial charge in [-0.05, 0) is 26.2 Å². The number of aryl methyl sites for hydroxylation is 2. The van der Waals surface area contributed by atoms with E-state index < -0.39 is 0 Å². The summed E-state index contributed by atoms with van der Waals surface area (Å²) in [5, 5.41) is 0. The first kappa shape index (κ1) is 10.00. The highest BCUT2D eigenvalue weighted by atomic mass is 19.1. The third kappa shape index (κ3) is 1.47. The average molecular weight is 221 g/mol. The Kier molecular flexibility index (Phi) is 2.30. The lowest BCUT2D eigenvalue weighted by Crippen LogP contribution is -2.48. The van der Waals surface area contributed by atoms with Crippen molar-refractivity contribution in [2.45, 2.75) is 26.2 Å². The molecule has 0 spiro atoms. The van der Waals surface area contributed by atoms with Crippen molar-refractivity contribution < 1.29 is 4.39 Å². The lowest BCUT2D eigenvalue weighted by molar-refractivity contribution is 0.304. The first-order valence-electron chi connectivity index (χ1n) is 5.95. The number of aromatic nitrogens is 2. The van der Waals surface area contributed by atoms with Crippen LogP contribution in [0.1, 0.15) is 23.5 Å². The van der Waals surface area contributed by atoms with Gasteiger partial charge in [-0.3, -0.25) is 4.39 Å². The zero-order valence-corrected chi connectivity index (χ0v) is 9.54. The number of anilines is 1. The van der Waals surface area contributed by atoms with Crippen LogP contribution in [0.25, 0.3) is 0 Å². The van der Waals surface area contributed by atoms with Crippen molar-refractivity contribution in [2.75, 3.05) is 24.7 Å². The van der Waals surface area contributed by atoms with Gasteiger partial charge in [-0.15, -0.1) is 0 Å². The van der Waals surface area contributed by atoms with Crippen molar-refractivity contribution in [3.63, 3.8) is 0 Å². The van der Waals surface area contributed by atoms with E-state index in [-0.39, 0.29) is 12.6 Å². The van der Waals surface area contributed by atoms with Crippen LogP contribution in [-0.4, -0.2) is 29.7 Å². The summed E-state index contributed by atoms with van der Waals surface area (Å²) in [5.41, 5.74) is 2.52. The largest absolute Gasteiger partial charge is 0.355 e. The fraction of sp³-hybridized carbons (Fsp3) is 0.667. The second kappa shape index (κ2) is 3.68. The van der Waals surface area contributed by atoms with Gasteiger partial charge in [-0.25, -0.2) is 9.97 Å². The predicted octanol–water partition coefficient (Wildman–Crippen LogP) is 1.68. The molecule has 1 saturated heterocycles. The molecular weight excluding hydrogens is 205 g/mol. The number of rotatable bonds is 2. The van der Waals surface area contributed by atoms with E-state index in [0.29, 0.717) is 0 Å². The molecule has 0 bridgehead atoms. The van der Waals surface area contributed by atoms with E-state index in [2.05, 4.69) is 14.9 Å². The van der Waals surface area contributed by atoms with E-state index >= 15 is 0 Å². The molecule has 2 heterocycles. The smallest absolute Gasteiger partial charge is 0.135 e. The maximum absolute atomic E-state index is 12.4. The van der Waals surface area contributed by atoms with Crippen LogP contribution in [-0.2, 0) is 12.8 Å². The highest BCUT2D eigenvalue weighted by Gasteiger charge is 2.31. The zero-order valence-electron chi connectivity index (χ0n) is 9.54. The summed E-state index contributed by atoms with van der Waals surface area (Å²) in [6.07, 6.45) is 3.34. The molecule has 0 atom stereocenters. The number of halogens is 1. The van der Waals surface area contributed by atoms with E-state index in [9.17, 15) is 4.39 Å². The molecule has 0 N–H and O–H groups in total. The lowest BCUT2D eigenvalue weighted by Gasteiger charge is -2.39. The highest BCUT2D eigenvalue weighted by molar-refractivity contribution is 5.53. The van der Waals surface area contributed by atoms with Gasteiger partial charge in [0.2, 0.25) is 0 Å². The van der Waals surface area contributed by atoms with Crippen LogP contribution in [0.3, 0.4) is 0 Å². The van der Waals surface area contributed by atoms with Crippen molar-refractivity contribution in [2.24, 2.45) is 5.92 Å². The molecule has 1 aliphatic heterocycles. The van der Waals surface area contributed by atoms with Crippen molar-refractivity contribution in [1.82, 2.24) is 9.97 Å². The Labute approximate surface area is 94.7 Å². The van der Waals surface area contributed by atoms with Gasteiger partial charge in [0.05, 0.1) is 6.67 Å². The van der Waals surface area contributed by atoms with Crippen LogP contribution in [0.4, 0.5) is 10.2 Å². The summed E-state index contributed by atoms with van der Waals surface area (Å²) in [6.45, 7) is 3.37. The molecule has 0 saturated carbocycles. The third-order valence-electron chi connectivity index (χ3n) is 3.50. The van der Waals surface area contributed by atoms with Gasteiger partial charge in [-0.1, -0.05) is 0 Å². The summed E-state index contributed by atoms with van der Waals surface area (Å²) in [4.78, 5) is 11.2. The molecule has 3 rings (SSSR count). The number of hydrogen-bond acceptors (Lipinski definition) is 3. The van der Waals surface area contributed by atoms with E-state index in [4.69, 9.17) is 0 Å². The molecule has 1 fully saturated rings. The monoisotopic (exact) mass is 221 g/mol. The van der Waals surface area contributed by atoms with Gasteiger partial charge in [0, 0.05) is 30.3 Å². The van der Waals surface area contributed by atoms with Crippen LogP contribution in [0.15, 0.2) is 0 Å². The molecule has 4 heteroatoms. The van der Waals surface area contributed by atoms with Crippen molar-refractivity contribution >= 4 is 5.82 Å². The molecule has 1 aromatic heterocycles. The minimum atomic E-state index is -0.206. The van der Waals surface area contributed by atoms with E-state index in [0.717, 1.165) is 37.6 Å². The van der Waals surface area contributed by atoms with Crippen molar-refractivity contribution in [3.8, 4) is 0 Å². The number of nitrogens with zero attached hydrogens (tertiary/aromatic N) is 3. The highest BCUT2D eigenvalue weighted by Crippen LogP contribution is 2.32. The molecule has 1 aliphatic carbocycles. The fourth-order valence-electron chi connectivity index (χ4n) is 2.64. The van der Waals surface area contributed by atoms with Crippen LogP contribution >= 0.6 is 0 Å². The SMILES string of the molecule is Cc1nc2c(c(N3CC(CF)C3)n1)CCC2. The van der Waals surface area contributed by atoms with Gasteiger partial charge >= 0.3 is 0 Å². The summed E-state index contributed by atoms with van der Waals surface area (Å²) in [5.74, 6) is 2.14. The second-order valence-corrected chi connectivity index (χ2v) is 4.80. The summed E-state index contributed by atoms with van der Waals surface area (Å²) in [7, 11) is 0. The normalized spacial score (nSPS) is 19.8. The molecule has 1 aromatic rings. The zero-order chi connectivity index (χ0) is 11.1. The first-order chi connectivity index (χ1) is 7.78. The molecule has 0 radical (unpaired) electrons. The van der Waals surface area contributed by atoms with Crippen molar-refractivity contribution in [1.29, 1.82) is 0 Å². The Balaban J connectivity index is 1.90. The molecule has 86 valence electrons. The Morgan fingerprint density at radius 3 is 2.88 bits per heavy atom. The van der Waals surface area contributed by atoms with Crippen LogP contribution in [0, 0.1) is 12.8 Å². The van der Waals surface area contributed by atoms with Crippen LogP contribution < -0.4 is 4.90 Å². The number of alkyl halides is 1. The quantitative estimate of drug-likeness (QED) is 0.761. The van der Waals surface area contributed by atoms with Crippen molar-refractivity contribution in [3.05, 3.63) is 17.1 Å². The first-order valence-corrected chi connectivity index (χ1v) is 5.95. The lowest BCUT2D eigenvalue weighted by atomic mass is 10.0. The molecule has 16 heavy (non-hydrogen) atoms. The molecule has 0 unspecified atom stereocenters. The number of hydrogen-bond donors (Lipinski definition) is 0. The maximum atomic E-state index is 12.4. The van der Waals surface area contributed by atoms with Crippen LogP contribution in [0.2, 0.25) is 0 Å². The maximum Gasteiger partial charge on any atom is 0.135 e. The third-order valence-corrected chi connectivity index (χ3v) is 3.50. The minimum Gasteiger partial charge on any atom is -0.355 e. The molecule has 0 aromatic carbocycles. The Hall–Kier alpha value is -1.19. The standard InChI is InChI=1S/C12H16FN3/c1-8-14-11-4-2-3-10(11)12(15-8)16-6-9(5-13)7-16/h9H,2-7H2,1H3. The van der Waals surface area contributed by atoms with Gasteiger partial charge in [-0.2, -0.15) is 0 Å². The second-order valence-electron chi connectivity index (χ2n) is 4.80. The Morgan fingerprint density at radius 2 is 2.12 bits per heavy atom. The topological polar surface area (TPSA) is 29.0 Å². The molecule has 0 amide bonds. The van der Waals surface area contributed by atoms with Gasteiger partial charge < -0.3 is 4.90 Å². The van der Waals surface area contributed by atoms with E-state index in [1.54, 1.807) is 0 Å². The molecular formula is C12H16FN3. The summed E-state index contributed by atoms with van der Waals surface area (Å²) >= 11 is 0. The minimum absolute atomic E-state index is 0.206. The Bertz CT molecular complexity index is 413. The average Bonchev–Trinajstić information content (AvgIpc) is 2.63. The van der Waals surface area contributed by atoms with Gasteiger partial charge in [0.25, 0.3) is 0 Å². The summed E-state index contributed by atoms with van der Waals surface area (Å²) in [6, 6.07) is 0.